The van der Waals surface area contributed by atoms with E-state index < -0.39 is 0 Å². The maximum Gasteiger partial charge on any atom is 0.275 e. The van der Waals surface area contributed by atoms with Gasteiger partial charge >= 0.3 is 0 Å². The lowest BCUT2D eigenvalue weighted by Crippen LogP contribution is -2.04. The molecule has 0 unspecified atom stereocenters. The van der Waals surface area contributed by atoms with Crippen LogP contribution in [0.3, 0.4) is 0 Å². The minimum Gasteiger partial charge on any atom is -0.493 e. The van der Waals surface area contributed by atoms with Gasteiger partial charge in [-0.25, -0.2) is 0 Å². The standard InChI is InChI=1S/C25H22N8O/c1-15-12-13-19(16(2)14-15)28-24-29-23(26-17-8-4-3-5-9-17)30-25(31-24)33-32-21-18-10-6-7-11-20(18)27-22(21)34/h3-14,27,34H,1-2H3,(H2,26,28,29,30,31). The van der Waals surface area contributed by atoms with Crippen LogP contribution in [0.4, 0.5) is 34.9 Å². The van der Waals surface area contributed by atoms with Gasteiger partial charge in [0, 0.05) is 16.8 Å². The molecular formula is C25H22N8O. The molecule has 5 rings (SSSR count). The maximum atomic E-state index is 10.3. The van der Waals surface area contributed by atoms with Crippen molar-refractivity contribution in [3.05, 3.63) is 83.9 Å². The van der Waals surface area contributed by atoms with Crippen LogP contribution >= 0.6 is 0 Å². The Bertz CT molecular complexity index is 1490. The fourth-order valence-corrected chi connectivity index (χ4v) is 3.56. The number of aromatic amines is 1. The van der Waals surface area contributed by atoms with Gasteiger partial charge in [0.1, 0.15) is 0 Å². The number of azo groups is 1. The molecule has 0 spiro atoms. The summed E-state index contributed by atoms with van der Waals surface area (Å²) >= 11 is 0. The number of hydrogen-bond acceptors (Lipinski definition) is 8. The highest BCUT2D eigenvalue weighted by molar-refractivity contribution is 5.94. The summed E-state index contributed by atoms with van der Waals surface area (Å²) in [5, 5.41) is 25.9. The van der Waals surface area contributed by atoms with Gasteiger partial charge in [-0.2, -0.15) is 15.0 Å². The molecular weight excluding hydrogens is 428 g/mol. The van der Waals surface area contributed by atoms with Gasteiger partial charge in [0.25, 0.3) is 5.95 Å². The second kappa shape index (κ2) is 8.99. The van der Waals surface area contributed by atoms with E-state index in [1.165, 1.54) is 0 Å². The van der Waals surface area contributed by atoms with Gasteiger partial charge in [-0.05, 0) is 43.7 Å². The van der Waals surface area contributed by atoms with E-state index in [0.717, 1.165) is 33.4 Å². The smallest absolute Gasteiger partial charge is 0.275 e. The van der Waals surface area contributed by atoms with Crippen LogP contribution < -0.4 is 10.6 Å². The number of benzene rings is 3. The molecule has 0 aliphatic heterocycles. The summed E-state index contributed by atoms with van der Waals surface area (Å²) in [5.74, 6) is 0.642. The van der Waals surface area contributed by atoms with E-state index in [1.54, 1.807) is 0 Å². The SMILES string of the molecule is Cc1ccc(Nc2nc(N=Nc3c(O)[nH]c4ccccc34)nc(Nc3ccccc3)n2)c(C)c1. The zero-order chi connectivity index (χ0) is 23.5. The summed E-state index contributed by atoms with van der Waals surface area (Å²) in [5.41, 5.74) is 5.00. The van der Waals surface area contributed by atoms with E-state index in [-0.39, 0.29) is 11.8 Å². The van der Waals surface area contributed by atoms with E-state index in [2.05, 4.69) is 46.9 Å². The molecule has 0 saturated carbocycles. The van der Waals surface area contributed by atoms with Gasteiger partial charge in [-0.15, -0.1) is 10.2 Å². The highest BCUT2D eigenvalue weighted by atomic mass is 16.3. The van der Waals surface area contributed by atoms with Gasteiger partial charge in [-0.1, -0.05) is 54.1 Å². The summed E-state index contributed by atoms with van der Waals surface area (Å²) in [7, 11) is 0. The highest BCUT2D eigenvalue weighted by Crippen LogP contribution is 2.36. The molecule has 168 valence electrons. The van der Waals surface area contributed by atoms with Crippen LogP contribution in [0.25, 0.3) is 10.9 Å². The van der Waals surface area contributed by atoms with Gasteiger partial charge in [0.2, 0.25) is 17.8 Å². The maximum absolute atomic E-state index is 10.3. The van der Waals surface area contributed by atoms with Crippen LogP contribution in [-0.2, 0) is 0 Å². The Morgan fingerprint density at radius 2 is 1.53 bits per heavy atom. The van der Waals surface area contributed by atoms with Crippen molar-refractivity contribution in [1.82, 2.24) is 19.9 Å². The molecule has 5 aromatic rings. The van der Waals surface area contributed by atoms with E-state index in [4.69, 9.17) is 0 Å². The molecule has 34 heavy (non-hydrogen) atoms. The van der Waals surface area contributed by atoms with Gasteiger partial charge in [0.05, 0.1) is 5.52 Å². The molecule has 0 radical (unpaired) electrons. The predicted octanol–water partition coefficient (Wildman–Crippen LogP) is 6.58. The molecule has 0 atom stereocenters. The summed E-state index contributed by atoms with van der Waals surface area (Å²) in [6.45, 7) is 4.06. The average molecular weight is 451 g/mol. The molecule has 0 amide bonds. The van der Waals surface area contributed by atoms with Crippen molar-refractivity contribution in [3.8, 4) is 5.88 Å². The molecule has 0 saturated heterocycles. The second-order valence-electron chi connectivity index (χ2n) is 7.78. The number of hydrogen-bond donors (Lipinski definition) is 4. The zero-order valence-corrected chi connectivity index (χ0v) is 18.6. The first-order chi connectivity index (χ1) is 16.5. The molecule has 9 nitrogen and oxygen atoms in total. The largest absolute Gasteiger partial charge is 0.493 e. The van der Waals surface area contributed by atoms with Gasteiger partial charge < -0.3 is 20.7 Å². The molecule has 4 N–H and O–H groups in total. The van der Waals surface area contributed by atoms with Crippen LogP contribution in [-0.4, -0.2) is 25.0 Å². The summed E-state index contributed by atoms with van der Waals surface area (Å²) in [6, 6.07) is 23.1. The first-order valence-electron chi connectivity index (χ1n) is 10.7. The summed E-state index contributed by atoms with van der Waals surface area (Å²) in [6.07, 6.45) is 0. The third-order valence-electron chi connectivity index (χ3n) is 5.18. The third-order valence-corrected chi connectivity index (χ3v) is 5.18. The summed E-state index contributed by atoms with van der Waals surface area (Å²) < 4.78 is 0. The van der Waals surface area contributed by atoms with Crippen LogP contribution in [0, 0.1) is 13.8 Å². The van der Waals surface area contributed by atoms with Gasteiger partial charge in [0.15, 0.2) is 5.69 Å². The fraction of sp³-hybridized carbons (Fsp3) is 0.0800. The minimum atomic E-state index is -0.0738. The zero-order valence-electron chi connectivity index (χ0n) is 18.6. The van der Waals surface area contributed by atoms with E-state index in [9.17, 15) is 5.11 Å². The molecule has 9 heteroatoms. The minimum absolute atomic E-state index is 0.0738. The predicted molar refractivity (Wildman–Crippen MR) is 133 cm³/mol. The lowest BCUT2D eigenvalue weighted by atomic mass is 10.1. The Labute approximate surface area is 195 Å². The molecule has 0 bridgehead atoms. The number of aromatic hydroxyl groups is 1. The van der Waals surface area contributed by atoms with E-state index >= 15 is 0 Å². The summed E-state index contributed by atoms with van der Waals surface area (Å²) in [4.78, 5) is 16.2. The quantitative estimate of drug-likeness (QED) is 0.217. The molecule has 3 aromatic carbocycles. The van der Waals surface area contributed by atoms with Crippen LogP contribution in [0.2, 0.25) is 0 Å². The topological polar surface area (TPSA) is 123 Å². The van der Waals surface area contributed by atoms with Crippen molar-refractivity contribution in [2.75, 3.05) is 10.6 Å². The molecule has 0 fully saturated rings. The number of anilines is 4. The normalized spacial score (nSPS) is 11.2. The van der Waals surface area contributed by atoms with Gasteiger partial charge in [-0.3, -0.25) is 0 Å². The van der Waals surface area contributed by atoms with Crippen LogP contribution in [0.5, 0.6) is 5.88 Å². The van der Waals surface area contributed by atoms with Crippen molar-refractivity contribution in [1.29, 1.82) is 0 Å². The molecule has 0 aliphatic rings. The number of aryl methyl sites for hydroxylation is 2. The Kier molecular flexibility index (Phi) is 5.57. The van der Waals surface area contributed by atoms with Crippen molar-refractivity contribution in [2.24, 2.45) is 10.2 Å². The number of fused-ring (bicyclic) bond motifs is 1. The lowest BCUT2D eigenvalue weighted by molar-refractivity contribution is 0.459. The number of rotatable bonds is 6. The van der Waals surface area contributed by atoms with E-state index in [1.807, 2.05) is 80.6 Å². The van der Waals surface area contributed by atoms with Crippen LogP contribution in [0.15, 0.2) is 83.0 Å². The Balaban J connectivity index is 1.52. The number of H-pyrrole nitrogens is 1. The number of para-hydroxylation sites is 2. The highest BCUT2D eigenvalue weighted by Gasteiger charge is 2.12. The monoisotopic (exact) mass is 450 g/mol. The van der Waals surface area contributed by atoms with E-state index in [0.29, 0.717) is 17.6 Å². The first kappa shape index (κ1) is 21.1. The van der Waals surface area contributed by atoms with Crippen molar-refractivity contribution in [2.45, 2.75) is 13.8 Å². The molecule has 2 aromatic heterocycles. The third kappa shape index (κ3) is 4.53. The van der Waals surface area contributed by atoms with Crippen molar-refractivity contribution >= 4 is 45.8 Å². The Hall–Kier alpha value is -4.79. The Morgan fingerprint density at radius 1 is 0.794 bits per heavy atom. The lowest BCUT2D eigenvalue weighted by Gasteiger charge is -2.11. The number of nitrogens with one attached hydrogen (secondary N) is 3. The fourth-order valence-electron chi connectivity index (χ4n) is 3.56. The van der Waals surface area contributed by atoms with Crippen molar-refractivity contribution < 1.29 is 5.11 Å². The van der Waals surface area contributed by atoms with Crippen molar-refractivity contribution in [3.63, 3.8) is 0 Å². The Morgan fingerprint density at radius 3 is 2.32 bits per heavy atom. The first-order valence-corrected chi connectivity index (χ1v) is 10.7. The average Bonchev–Trinajstić information content (AvgIpc) is 3.15. The number of nitrogens with zero attached hydrogens (tertiary/aromatic N) is 5. The molecule has 2 heterocycles. The van der Waals surface area contributed by atoms with Crippen LogP contribution in [0.1, 0.15) is 11.1 Å². The number of aromatic nitrogens is 4. The molecule has 0 aliphatic carbocycles. The second-order valence-corrected chi connectivity index (χ2v) is 7.78.